The van der Waals surface area contributed by atoms with Crippen molar-refractivity contribution in [2.45, 2.75) is 19.9 Å². The van der Waals surface area contributed by atoms with Crippen LogP contribution in [0.4, 0.5) is 0 Å². The Bertz CT molecular complexity index is 631. The molecule has 2 amide bonds. The topological polar surface area (TPSA) is 56.3 Å². The van der Waals surface area contributed by atoms with Crippen LogP contribution < -0.4 is 0 Å². The zero-order valence-corrected chi connectivity index (χ0v) is 17.8. The SMILES string of the molecule is CCOCCN1CCN(CC(=O)N2CCN(C(=O)c3cccs3)CC2)CC1C. The second-order valence-corrected chi connectivity index (χ2v) is 8.42. The molecule has 0 radical (unpaired) electrons. The van der Waals surface area contributed by atoms with E-state index in [2.05, 4.69) is 16.7 Å². The van der Waals surface area contributed by atoms with Crippen LogP contribution >= 0.6 is 11.3 Å². The van der Waals surface area contributed by atoms with E-state index in [4.69, 9.17) is 4.74 Å². The summed E-state index contributed by atoms with van der Waals surface area (Å²) in [6.07, 6.45) is 0. The van der Waals surface area contributed by atoms with Crippen molar-refractivity contribution in [2.75, 3.05) is 72.1 Å². The average Bonchev–Trinajstić information content (AvgIpc) is 3.24. The number of carbonyl (C=O) groups excluding carboxylic acids is 2. The molecule has 0 N–H and O–H groups in total. The first-order valence-electron chi connectivity index (χ1n) is 10.2. The minimum absolute atomic E-state index is 0.0825. The quantitative estimate of drug-likeness (QED) is 0.632. The molecule has 0 saturated carbocycles. The fourth-order valence-electron chi connectivity index (χ4n) is 3.88. The van der Waals surface area contributed by atoms with E-state index >= 15 is 0 Å². The van der Waals surface area contributed by atoms with Gasteiger partial charge in [0.05, 0.1) is 18.0 Å². The third-order valence-corrected chi connectivity index (χ3v) is 6.44. The molecule has 2 saturated heterocycles. The van der Waals surface area contributed by atoms with E-state index in [0.29, 0.717) is 38.8 Å². The van der Waals surface area contributed by atoms with Gasteiger partial charge in [-0.25, -0.2) is 0 Å². The van der Waals surface area contributed by atoms with E-state index in [9.17, 15) is 9.59 Å². The number of carbonyl (C=O) groups is 2. The van der Waals surface area contributed by atoms with Crippen LogP contribution in [0.3, 0.4) is 0 Å². The van der Waals surface area contributed by atoms with Gasteiger partial charge in [-0.2, -0.15) is 0 Å². The van der Waals surface area contributed by atoms with Gasteiger partial charge in [-0.15, -0.1) is 11.3 Å². The highest BCUT2D eigenvalue weighted by molar-refractivity contribution is 7.12. The summed E-state index contributed by atoms with van der Waals surface area (Å²) >= 11 is 1.47. The van der Waals surface area contributed by atoms with Crippen LogP contribution in [0.25, 0.3) is 0 Å². The zero-order chi connectivity index (χ0) is 19.9. The number of nitrogens with zero attached hydrogens (tertiary/aromatic N) is 4. The van der Waals surface area contributed by atoms with Gasteiger partial charge < -0.3 is 14.5 Å². The van der Waals surface area contributed by atoms with Gasteiger partial charge in [0, 0.05) is 65.0 Å². The Labute approximate surface area is 171 Å². The van der Waals surface area contributed by atoms with Gasteiger partial charge >= 0.3 is 0 Å². The number of hydrogen-bond donors (Lipinski definition) is 0. The molecule has 1 unspecified atom stereocenters. The van der Waals surface area contributed by atoms with Gasteiger partial charge in [-0.3, -0.25) is 19.4 Å². The highest BCUT2D eigenvalue weighted by Crippen LogP contribution is 2.15. The monoisotopic (exact) mass is 408 g/mol. The first-order valence-corrected chi connectivity index (χ1v) is 11.1. The Balaban J connectivity index is 1.39. The molecule has 3 rings (SSSR count). The molecule has 2 aliphatic heterocycles. The van der Waals surface area contributed by atoms with E-state index < -0.39 is 0 Å². The minimum atomic E-state index is 0.0825. The first-order chi connectivity index (χ1) is 13.6. The average molecular weight is 409 g/mol. The molecule has 3 heterocycles. The number of ether oxygens (including phenoxy) is 1. The lowest BCUT2D eigenvalue weighted by molar-refractivity contribution is -0.134. The fraction of sp³-hybridized carbons (Fsp3) is 0.700. The summed E-state index contributed by atoms with van der Waals surface area (Å²) in [5, 5.41) is 1.92. The van der Waals surface area contributed by atoms with Crippen LogP contribution in [0.1, 0.15) is 23.5 Å². The van der Waals surface area contributed by atoms with Gasteiger partial charge in [0.2, 0.25) is 5.91 Å². The van der Waals surface area contributed by atoms with Crippen molar-refractivity contribution in [1.29, 1.82) is 0 Å². The second kappa shape index (κ2) is 10.3. The molecule has 2 fully saturated rings. The first kappa shape index (κ1) is 21.2. The van der Waals surface area contributed by atoms with Crippen molar-refractivity contribution in [3.8, 4) is 0 Å². The summed E-state index contributed by atoms with van der Waals surface area (Å²) in [5.41, 5.74) is 0. The predicted octanol–water partition coefficient (Wildman–Crippen LogP) is 1.08. The molecule has 0 aromatic carbocycles. The predicted molar refractivity (Wildman–Crippen MR) is 111 cm³/mol. The third-order valence-electron chi connectivity index (χ3n) is 5.59. The normalized spacial score (nSPS) is 21.9. The van der Waals surface area contributed by atoms with E-state index in [1.54, 1.807) is 0 Å². The third kappa shape index (κ3) is 5.53. The zero-order valence-electron chi connectivity index (χ0n) is 17.0. The van der Waals surface area contributed by atoms with E-state index in [1.165, 1.54) is 11.3 Å². The van der Waals surface area contributed by atoms with Crippen molar-refractivity contribution >= 4 is 23.2 Å². The number of thiophene rings is 1. The fourth-order valence-corrected chi connectivity index (χ4v) is 4.57. The molecule has 0 aliphatic carbocycles. The molecule has 1 aromatic heterocycles. The molecule has 1 aromatic rings. The van der Waals surface area contributed by atoms with E-state index in [-0.39, 0.29) is 11.8 Å². The molecule has 2 aliphatic rings. The summed E-state index contributed by atoms with van der Waals surface area (Å²) in [6.45, 7) is 12.5. The van der Waals surface area contributed by atoms with Crippen LogP contribution in [-0.2, 0) is 9.53 Å². The Morgan fingerprint density at radius 2 is 1.89 bits per heavy atom. The lowest BCUT2D eigenvalue weighted by Crippen LogP contribution is -2.56. The molecular weight excluding hydrogens is 376 g/mol. The molecule has 0 spiro atoms. The molecule has 7 nitrogen and oxygen atoms in total. The summed E-state index contributed by atoms with van der Waals surface area (Å²) in [4.78, 5) is 34.4. The molecule has 0 bridgehead atoms. The number of hydrogen-bond acceptors (Lipinski definition) is 6. The molecular formula is C20H32N4O3S. The summed E-state index contributed by atoms with van der Waals surface area (Å²) in [6, 6.07) is 4.19. The van der Waals surface area contributed by atoms with Crippen LogP contribution in [0.15, 0.2) is 17.5 Å². The van der Waals surface area contributed by atoms with Crippen LogP contribution in [-0.4, -0.2) is 110 Å². The maximum absolute atomic E-state index is 12.7. The molecule has 8 heteroatoms. The lowest BCUT2D eigenvalue weighted by Gasteiger charge is -2.41. The highest BCUT2D eigenvalue weighted by Gasteiger charge is 2.28. The van der Waals surface area contributed by atoms with Crippen LogP contribution in [0.5, 0.6) is 0 Å². The van der Waals surface area contributed by atoms with Gasteiger partial charge in [0.25, 0.3) is 5.91 Å². The van der Waals surface area contributed by atoms with Gasteiger partial charge in [0.1, 0.15) is 0 Å². The summed E-state index contributed by atoms with van der Waals surface area (Å²) in [7, 11) is 0. The van der Waals surface area contributed by atoms with Crippen LogP contribution in [0.2, 0.25) is 0 Å². The minimum Gasteiger partial charge on any atom is -0.380 e. The standard InChI is InChI=1S/C20H32N4O3S/c1-3-27-13-12-22-7-6-21(15-17(22)2)16-19(25)23-8-10-24(11-9-23)20(26)18-5-4-14-28-18/h4-5,14,17H,3,6-13,15-16H2,1-2H3. The van der Waals surface area contributed by atoms with Crippen molar-refractivity contribution in [1.82, 2.24) is 19.6 Å². The maximum Gasteiger partial charge on any atom is 0.264 e. The van der Waals surface area contributed by atoms with Gasteiger partial charge in [-0.1, -0.05) is 6.07 Å². The number of piperazine rings is 2. The van der Waals surface area contributed by atoms with Crippen molar-refractivity contribution in [3.63, 3.8) is 0 Å². The van der Waals surface area contributed by atoms with Gasteiger partial charge in [-0.05, 0) is 25.3 Å². The number of amides is 2. The van der Waals surface area contributed by atoms with Crippen LogP contribution in [0, 0.1) is 0 Å². The van der Waals surface area contributed by atoms with E-state index in [0.717, 1.165) is 44.3 Å². The Morgan fingerprint density at radius 3 is 2.54 bits per heavy atom. The Kier molecular flexibility index (Phi) is 7.84. The molecule has 1 atom stereocenters. The molecule has 28 heavy (non-hydrogen) atoms. The van der Waals surface area contributed by atoms with Crippen molar-refractivity contribution < 1.29 is 14.3 Å². The molecule has 156 valence electrons. The smallest absolute Gasteiger partial charge is 0.264 e. The largest absolute Gasteiger partial charge is 0.380 e. The Morgan fingerprint density at radius 1 is 1.14 bits per heavy atom. The van der Waals surface area contributed by atoms with Gasteiger partial charge in [0.15, 0.2) is 0 Å². The highest BCUT2D eigenvalue weighted by atomic mass is 32.1. The summed E-state index contributed by atoms with van der Waals surface area (Å²) in [5.74, 6) is 0.261. The lowest BCUT2D eigenvalue weighted by atomic mass is 10.2. The number of rotatable bonds is 7. The maximum atomic E-state index is 12.7. The second-order valence-electron chi connectivity index (χ2n) is 7.47. The van der Waals surface area contributed by atoms with Crippen molar-refractivity contribution in [2.24, 2.45) is 0 Å². The van der Waals surface area contributed by atoms with E-state index in [1.807, 2.05) is 34.2 Å². The summed E-state index contributed by atoms with van der Waals surface area (Å²) < 4.78 is 5.46. The van der Waals surface area contributed by atoms with Crippen molar-refractivity contribution in [3.05, 3.63) is 22.4 Å². The Hall–Kier alpha value is -1.48.